The van der Waals surface area contributed by atoms with Gasteiger partial charge in [0, 0.05) is 0 Å². The van der Waals surface area contributed by atoms with Crippen molar-refractivity contribution in [2.75, 3.05) is 24.7 Å². The maximum Gasteiger partial charge on any atom is 0.509 e. The first kappa shape index (κ1) is 49.3. The molecule has 1 fully saturated rings. The number of imide groups is 1. The molecule has 1 saturated heterocycles. The quantitative estimate of drug-likeness (QED) is 0.0673. The molecule has 4 atom stereocenters. The maximum absolute atomic E-state index is 13.7. The summed E-state index contributed by atoms with van der Waals surface area (Å²) in [4.78, 5) is 80.2. The largest absolute Gasteiger partial charge is 0.509 e. The van der Waals surface area contributed by atoms with Crippen LogP contribution in [0.4, 0.5) is 20.2 Å². The number of ether oxygens (including phenoxy) is 8. The number of carbonyl (C=O) groups is 5. The fourth-order valence-corrected chi connectivity index (χ4v) is 6.62. The molecule has 332 valence electrons. The molecular formula is C38H60ClN5O14Si. The Morgan fingerprint density at radius 1 is 0.814 bits per heavy atom. The minimum atomic E-state index is -2.80. The summed E-state index contributed by atoms with van der Waals surface area (Å²) < 4.78 is 53.6. The SMILES string of the molecule is CCOC(=O)C(OC[C@H]1O[C@@H](n2cnc3c(N(C(=O)OC(C)(C)C)C(=O)OC(C)(C)C)nc(Cl)nc32)[C@H](O[Si](C)(C)C(C)(C)C)[C@H]1OC(=O)OC(C)(C)C)C(=O)OCC. The van der Waals surface area contributed by atoms with Gasteiger partial charge in [-0.15, -0.1) is 0 Å². The Morgan fingerprint density at radius 3 is 1.78 bits per heavy atom. The molecule has 0 aliphatic carbocycles. The highest BCUT2D eigenvalue weighted by Crippen LogP contribution is 2.44. The van der Waals surface area contributed by atoms with Crippen molar-refractivity contribution in [2.24, 2.45) is 0 Å². The van der Waals surface area contributed by atoms with Gasteiger partial charge >= 0.3 is 30.3 Å². The molecule has 1 aliphatic rings. The van der Waals surface area contributed by atoms with Crippen LogP contribution in [0.3, 0.4) is 0 Å². The average Bonchev–Trinajstić information content (AvgIpc) is 3.59. The molecule has 0 aromatic carbocycles. The van der Waals surface area contributed by atoms with Crippen molar-refractivity contribution in [2.45, 2.75) is 163 Å². The molecule has 1 aliphatic heterocycles. The predicted molar refractivity (Wildman–Crippen MR) is 215 cm³/mol. The summed E-state index contributed by atoms with van der Waals surface area (Å²) in [5, 5.41) is -0.794. The van der Waals surface area contributed by atoms with Gasteiger partial charge in [0.25, 0.3) is 6.10 Å². The second-order valence-electron chi connectivity index (χ2n) is 18.1. The fraction of sp³-hybridized carbons (Fsp3) is 0.737. The third-order valence-corrected chi connectivity index (χ3v) is 13.2. The summed E-state index contributed by atoms with van der Waals surface area (Å²) in [7, 11) is -2.80. The van der Waals surface area contributed by atoms with Crippen molar-refractivity contribution < 1.29 is 66.3 Å². The van der Waals surface area contributed by atoms with Gasteiger partial charge in [-0.25, -0.2) is 29.0 Å². The molecule has 3 rings (SSSR count). The topological polar surface area (TPSA) is 215 Å². The summed E-state index contributed by atoms with van der Waals surface area (Å²) in [5.74, 6) is -2.37. The normalized spacial score (nSPS) is 19.0. The van der Waals surface area contributed by atoms with Crippen LogP contribution in [0.15, 0.2) is 6.33 Å². The lowest BCUT2D eigenvalue weighted by Gasteiger charge is -2.40. The van der Waals surface area contributed by atoms with Crippen LogP contribution in [0.5, 0.6) is 0 Å². The zero-order valence-electron chi connectivity index (χ0n) is 36.9. The third-order valence-electron chi connectivity index (χ3n) is 8.59. The Balaban J connectivity index is 2.30. The van der Waals surface area contributed by atoms with E-state index in [0.29, 0.717) is 4.90 Å². The lowest BCUT2D eigenvalue weighted by Crippen LogP contribution is -2.50. The first-order valence-corrected chi connectivity index (χ1v) is 22.5. The molecule has 3 heterocycles. The summed E-state index contributed by atoms with van der Waals surface area (Å²) in [6, 6.07) is 0. The molecule has 0 N–H and O–H groups in total. The Kier molecular flexibility index (Phi) is 15.6. The first-order valence-electron chi connectivity index (χ1n) is 19.2. The van der Waals surface area contributed by atoms with Crippen molar-refractivity contribution in [3.63, 3.8) is 0 Å². The van der Waals surface area contributed by atoms with E-state index in [-0.39, 0.29) is 30.2 Å². The number of hydrogen-bond acceptors (Lipinski definition) is 17. The molecule has 2 amide bonds. The van der Waals surface area contributed by atoms with E-state index in [4.69, 9.17) is 53.9 Å². The van der Waals surface area contributed by atoms with Crippen LogP contribution in [-0.2, 0) is 51.9 Å². The average molecular weight is 874 g/mol. The summed E-state index contributed by atoms with van der Waals surface area (Å²) in [5.41, 5.74) is -3.19. The lowest BCUT2D eigenvalue weighted by molar-refractivity contribution is -0.177. The maximum atomic E-state index is 13.7. The Bertz CT molecular complexity index is 1800. The zero-order chi connectivity index (χ0) is 45.1. The number of imidazole rings is 1. The number of hydrogen-bond donors (Lipinski definition) is 0. The number of carbonyl (C=O) groups excluding carboxylic acids is 5. The molecular weight excluding hydrogens is 814 g/mol. The van der Waals surface area contributed by atoms with Crippen LogP contribution in [0.25, 0.3) is 11.2 Å². The van der Waals surface area contributed by atoms with Gasteiger partial charge in [-0.2, -0.15) is 14.9 Å². The molecule has 59 heavy (non-hydrogen) atoms. The van der Waals surface area contributed by atoms with Gasteiger partial charge in [-0.3, -0.25) is 4.57 Å². The standard InChI is InChI=1S/C38H60ClN5O14Si/c1-17-50-29(45)25(30(46)51-18-2)52-19-21-23(54-34(49)57-37(9,10)11)24(58-59(15,16)38(12,13)14)28(53-21)43-20-40-22-26(43)41-31(39)42-27(22)44(32(47)55-35(3,4)5)33(48)56-36(6,7)8/h20-21,23-25,28H,17-19H2,1-16H3/t21-,23+,24-,28-/m1/s1. The van der Waals surface area contributed by atoms with Gasteiger partial charge in [-0.1, -0.05) is 20.8 Å². The van der Waals surface area contributed by atoms with Crippen molar-refractivity contribution in [3.8, 4) is 0 Å². The minimum absolute atomic E-state index is 0.0422. The van der Waals surface area contributed by atoms with Crippen molar-refractivity contribution in [1.82, 2.24) is 19.5 Å². The minimum Gasteiger partial charge on any atom is -0.464 e. The molecule has 0 saturated carbocycles. The van der Waals surface area contributed by atoms with Gasteiger partial charge in [0.05, 0.1) is 26.1 Å². The van der Waals surface area contributed by atoms with Gasteiger partial charge in [0.15, 0.2) is 37.6 Å². The van der Waals surface area contributed by atoms with E-state index in [9.17, 15) is 24.0 Å². The number of amides is 2. The van der Waals surface area contributed by atoms with E-state index in [2.05, 4.69) is 15.0 Å². The van der Waals surface area contributed by atoms with Gasteiger partial charge < -0.3 is 42.3 Å². The third kappa shape index (κ3) is 13.2. The highest BCUT2D eigenvalue weighted by Gasteiger charge is 2.54. The van der Waals surface area contributed by atoms with Crippen LogP contribution in [0.2, 0.25) is 23.4 Å². The highest BCUT2D eigenvalue weighted by atomic mass is 35.5. The molecule has 0 radical (unpaired) electrons. The second kappa shape index (κ2) is 18.7. The monoisotopic (exact) mass is 873 g/mol. The first-order chi connectivity index (χ1) is 26.9. The van der Waals surface area contributed by atoms with E-state index in [1.54, 1.807) is 76.2 Å². The van der Waals surface area contributed by atoms with Gasteiger partial charge in [0.1, 0.15) is 29.0 Å². The van der Waals surface area contributed by atoms with Gasteiger partial charge in [0.2, 0.25) is 5.28 Å². The summed E-state index contributed by atoms with van der Waals surface area (Å²) >= 11 is 6.51. The van der Waals surface area contributed by atoms with E-state index >= 15 is 0 Å². The van der Waals surface area contributed by atoms with Crippen molar-refractivity contribution in [3.05, 3.63) is 11.6 Å². The number of esters is 2. The number of rotatable bonds is 12. The van der Waals surface area contributed by atoms with Crippen LogP contribution < -0.4 is 4.90 Å². The van der Waals surface area contributed by atoms with Crippen LogP contribution in [0.1, 0.15) is 103 Å². The van der Waals surface area contributed by atoms with E-state index in [1.807, 2.05) is 33.9 Å². The van der Waals surface area contributed by atoms with Crippen molar-refractivity contribution in [1.29, 1.82) is 0 Å². The summed E-state index contributed by atoms with van der Waals surface area (Å²) in [6.45, 7) is 27.1. The molecule has 0 spiro atoms. The predicted octanol–water partition coefficient (Wildman–Crippen LogP) is 7.28. The Hall–Kier alpha value is -4.11. The molecule has 0 bridgehead atoms. The molecule has 2 aromatic rings. The van der Waals surface area contributed by atoms with E-state index in [1.165, 1.54) is 10.9 Å². The zero-order valence-corrected chi connectivity index (χ0v) is 38.7. The van der Waals surface area contributed by atoms with Gasteiger partial charge in [-0.05, 0) is 106 Å². The van der Waals surface area contributed by atoms with E-state index in [0.717, 1.165) is 0 Å². The number of fused-ring (bicyclic) bond motifs is 1. The summed E-state index contributed by atoms with van der Waals surface area (Å²) in [6.07, 6.45) is -8.83. The number of halogens is 1. The lowest BCUT2D eigenvalue weighted by atomic mass is 10.1. The highest BCUT2D eigenvalue weighted by molar-refractivity contribution is 6.74. The molecule has 21 heteroatoms. The molecule has 2 aromatic heterocycles. The van der Waals surface area contributed by atoms with E-state index < -0.39 is 103 Å². The molecule has 19 nitrogen and oxygen atoms in total. The smallest absolute Gasteiger partial charge is 0.464 e. The van der Waals surface area contributed by atoms with Crippen LogP contribution in [-0.4, -0.2) is 119 Å². The van der Waals surface area contributed by atoms with Crippen LogP contribution in [0, 0.1) is 0 Å². The number of nitrogens with zero attached hydrogens (tertiary/aromatic N) is 5. The number of anilines is 1. The van der Waals surface area contributed by atoms with Crippen LogP contribution >= 0.6 is 11.6 Å². The number of aromatic nitrogens is 4. The Morgan fingerprint density at radius 2 is 1.32 bits per heavy atom. The Labute approximate surface area is 351 Å². The van der Waals surface area contributed by atoms with Crippen molar-refractivity contribution >= 4 is 67.2 Å². The molecule has 0 unspecified atom stereocenters. The second-order valence-corrected chi connectivity index (χ2v) is 23.2. The fourth-order valence-electron chi connectivity index (χ4n) is 5.18.